The number of nitrogens with zero attached hydrogens (tertiary/aromatic N) is 7. The minimum atomic E-state index is -4.59. The van der Waals surface area contributed by atoms with E-state index in [9.17, 15) is 18.0 Å². The van der Waals surface area contributed by atoms with Gasteiger partial charge in [0, 0.05) is 42.3 Å². The largest absolute Gasteiger partial charge is 0.543 e. The first-order valence-electron chi connectivity index (χ1n) is 29.1. The smallest absolute Gasteiger partial charge is 0.429 e. The zero-order valence-electron chi connectivity index (χ0n) is 50.2. The van der Waals surface area contributed by atoms with Crippen molar-refractivity contribution in [3.05, 3.63) is 65.5 Å². The fraction of sp³-hybridized carbons (Fsp3) is 0.607. The number of alkyl halides is 3. The van der Waals surface area contributed by atoms with Crippen molar-refractivity contribution in [3.63, 3.8) is 0 Å². The number of benzene rings is 2. The fourth-order valence-corrected chi connectivity index (χ4v) is 23.2. The number of anilines is 1. The van der Waals surface area contributed by atoms with E-state index in [2.05, 4.69) is 110 Å². The third-order valence-electron chi connectivity index (χ3n) is 16.6. The van der Waals surface area contributed by atoms with Gasteiger partial charge < -0.3 is 24.0 Å². The highest BCUT2D eigenvalue weighted by Crippen LogP contribution is 2.47. The van der Waals surface area contributed by atoms with Crippen molar-refractivity contribution in [2.75, 3.05) is 37.9 Å². The molecule has 2 atom stereocenters. The molecule has 3 aromatic heterocycles. The van der Waals surface area contributed by atoms with E-state index in [1.165, 1.54) is 17.3 Å². The van der Waals surface area contributed by atoms with Crippen molar-refractivity contribution in [3.8, 4) is 40.4 Å². The van der Waals surface area contributed by atoms with E-state index >= 15 is 8.78 Å². The van der Waals surface area contributed by atoms with Gasteiger partial charge in [-0.05, 0) is 135 Å². The Morgan fingerprint density at radius 3 is 2.11 bits per heavy atom. The first-order chi connectivity index (χ1) is 38.1. The molecule has 0 saturated carbocycles. The molecule has 0 aliphatic carbocycles. The Morgan fingerprint density at radius 1 is 0.790 bits per heavy atom. The van der Waals surface area contributed by atoms with Crippen LogP contribution >= 0.6 is 0 Å². The minimum Gasteiger partial charge on any atom is -0.543 e. The van der Waals surface area contributed by atoms with Crippen molar-refractivity contribution in [2.45, 2.75) is 200 Å². The van der Waals surface area contributed by atoms with Crippen LogP contribution in [0.15, 0.2) is 42.7 Å². The number of carbonyl (C=O) groups excluding carboxylic acids is 1. The predicted molar refractivity (Wildman–Crippen MR) is 316 cm³/mol. The Labute approximate surface area is 478 Å². The molecule has 2 saturated heterocycles. The molecular formula is C61H85F5N8O5Si2. The van der Waals surface area contributed by atoms with E-state index in [0.717, 1.165) is 25.3 Å². The van der Waals surface area contributed by atoms with Gasteiger partial charge >= 0.3 is 18.3 Å². The van der Waals surface area contributed by atoms with Crippen LogP contribution in [-0.4, -0.2) is 97.1 Å². The lowest BCUT2D eigenvalue weighted by molar-refractivity contribution is -0.138. The summed E-state index contributed by atoms with van der Waals surface area (Å²) in [5.74, 6) is 2.57. The number of hydrogen-bond donors (Lipinski definition) is 1. The molecule has 5 heterocycles. The van der Waals surface area contributed by atoms with Crippen LogP contribution in [-0.2, 0) is 10.9 Å². The monoisotopic (exact) mass is 1160 g/mol. The molecule has 7 rings (SSSR count). The molecular weight excluding hydrogens is 1080 g/mol. The lowest BCUT2D eigenvalue weighted by atomic mass is 9.94. The van der Waals surface area contributed by atoms with Gasteiger partial charge in [-0.15, -0.1) is 10.6 Å². The average Bonchev–Trinajstić information content (AvgIpc) is 3.68. The van der Waals surface area contributed by atoms with Gasteiger partial charge in [0.05, 0.1) is 29.3 Å². The van der Waals surface area contributed by atoms with Crippen LogP contribution in [0.1, 0.15) is 160 Å². The number of nitrogens with one attached hydrogen (secondary N) is 1. The van der Waals surface area contributed by atoms with Gasteiger partial charge in [0.1, 0.15) is 43.1 Å². The van der Waals surface area contributed by atoms with Crippen LogP contribution in [0.3, 0.4) is 0 Å². The van der Waals surface area contributed by atoms with Gasteiger partial charge in [0.15, 0.2) is 11.6 Å². The number of carbonyl (C=O) groups is 1. The van der Waals surface area contributed by atoms with Gasteiger partial charge in [-0.2, -0.15) is 28.2 Å². The lowest BCUT2D eigenvalue weighted by Crippen LogP contribution is -2.50. The predicted octanol–water partition coefficient (Wildman–Crippen LogP) is 15.8. The first-order valence-corrected chi connectivity index (χ1v) is 33.5. The number of fused-ring (bicyclic) bond motifs is 2. The number of amides is 1. The zero-order valence-corrected chi connectivity index (χ0v) is 52.2. The Morgan fingerprint density at radius 2 is 1.47 bits per heavy atom. The third kappa shape index (κ3) is 14.1. The second-order valence-electron chi connectivity index (χ2n) is 25.0. The van der Waals surface area contributed by atoms with Crippen molar-refractivity contribution >= 4 is 50.0 Å². The summed E-state index contributed by atoms with van der Waals surface area (Å²) < 4.78 is 101. The van der Waals surface area contributed by atoms with Crippen molar-refractivity contribution in [2.24, 2.45) is 5.92 Å². The van der Waals surface area contributed by atoms with E-state index < -0.39 is 51.5 Å². The molecule has 20 heteroatoms. The van der Waals surface area contributed by atoms with Gasteiger partial charge in [0.2, 0.25) is 5.88 Å². The molecule has 2 aliphatic heterocycles. The maximum atomic E-state index is 18.6. The minimum absolute atomic E-state index is 0.0226. The van der Waals surface area contributed by atoms with E-state index in [0.29, 0.717) is 73.6 Å². The molecule has 13 nitrogen and oxygen atoms in total. The molecule has 2 aliphatic rings. The van der Waals surface area contributed by atoms with Crippen molar-refractivity contribution in [1.29, 1.82) is 0 Å². The molecule has 442 valence electrons. The highest BCUT2D eigenvalue weighted by Gasteiger charge is 2.47. The van der Waals surface area contributed by atoms with Crippen LogP contribution in [0.5, 0.6) is 17.6 Å². The summed E-state index contributed by atoms with van der Waals surface area (Å²) in [6.07, 6.45) is 1.95. The van der Waals surface area contributed by atoms with Gasteiger partial charge in [-0.1, -0.05) is 95.1 Å². The van der Waals surface area contributed by atoms with Crippen LogP contribution in [0.2, 0.25) is 33.2 Å². The molecule has 5 aromatic rings. The molecule has 2 unspecified atom stereocenters. The summed E-state index contributed by atoms with van der Waals surface area (Å²) in [6, 6.07) is 7.37. The third-order valence-corrected chi connectivity index (χ3v) is 28.9. The highest BCUT2D eigenvalue weighted by molar-refractivity contribution is 6.90. The summed E-state index contributed by atoms with van der Waals surface area (Å²) in [4.78, 5) is 28.9. The highest BCUT2D eigenvalue weighted by atomic mass is 28.4. The second kappa shape index (κ2) is 25.9. The summed E-state index contributed by atoms with van der Waals surface area (Å²) in [5.41, 5.74) is 3.63. The number of halogens is 5. The van der Waals surface area contributed by atoms with Crippen LogP contribution < -0.4 is 24.2 Å². The Kier molecular flexibility index (Phi) is 20.1. The van der Waals surface area contributed by atoms with Crippen molar-refractivity contribution in [1.82, 2.24) is 35.5 Å². The number of ether oxygens (including phenoxy) is 3. The van der Waals surface area contributed by atoms with E-state index in [1.54, 1.807) is 37.9 Å². The van der Waals surface area contributed by atoms with E-state index in [-0.39, 0.29) is 98.3 Å². The van der Waals surface area contributed by atoms with Gasteiger partial charge in [0.25, 0.3) is 8.32 Å². The SMILES string of the molecule is CC(C)[Si](C#Cc1c(F)ccc2cc(O[Si](C(C)C)(C(C)C)C(C)C)cc(-c3ncc4c(N5CCCCCN5C(=O)OC(C)(C)C)nc(OCC5CCCNC(COc6cc(C(F)(F)F)cnn6)CC5)nc4c3F)c12)(C(C)C)C(C)C. The normalized spacial score (nSPS) is 17.3. The molecule has 1 amide bonds. The van der Waals surface area contributed by atoms with Crippen LogP contribution in [0.4, 0.5) is 32.6 Å². The van der Waals surface area contributed by atoms with Crippen molar-refractivity contribution < 1.29 is 45.4 Å². The standard InChI is InChI=1S/C61H85F5N8O5Si2/c1-37(2)80(38(3)4,39(5)6)29-25-48-51(62)24-22-44-30-47(79-81(40(7)8,41(9)10)42(11)12)32-49(53(44)48)55-54(63)56-50(34-68-55)57(73-27-17-16-18-28-74(73)59(75)78-60(13,14)15)71-58(70-56)77-35-43-20-19-26-67-46(23-21-43)36-76-52-31-45(33-69-72-52)61(64,65)66/h22,24,30-34,37-43,46,67H,16-21,23,26-28,35-36H2,1-15H3. The maximum absolute atomic E-state index is 18.6. The molecule has 0 spiro atoms. The second-order valence-corrected chi connectivity index (χ2v) is 36.0. The molecule has 2 aromatic carbocycles. The van der Waals surface area contributed by atoms with Crippen LogP contribution in [0, 0.1) is 29.0 Å². The number of aromatic nitrogens is 5. The summed E-state index contributed by atoms with van der Waals surface area (Å²) in [7, 11) is -5.02. The lowest BCUT2D eigenvalue weighted by Gasteiger charge is -2.42. The summed E-state index contributed by atoms with van der Waals surface area (Å²) >= 11 is 0. The zero-order chi connectivity index (χ0) is 59.4. The number of rotatable bonds is 16. The molecule has 1 N–H and O–H groups in total. The molecule has 2 fully saturated rings. The quantitative estimate of drug-likeness (QED) is 0.0572. The summed E-state index contributed by atoms with van der Waals surface area (Å²) in [6.45, 7) is 33.3. The van der Waals surface area contributed by atoms with E-state index in [4.69, 9.17) is 33.6 Å². The Hall–Kier alpha value is -5.66. The first kappa shape index (κ1) is 62.9. The molecule has 0 radical (unpaired) electrons. The summed E-state index contributed by atoms with van der Waals surface area (Å²) in [5, 5.41) is 15.1. The van der Waals surface area contributed by atoms with Gasteiger partial charge in [-0.25, -0.2) is 18.6 Å². The number of pyridine rings is 1. The molecule has 81 heavy (non-hydrogen) atoms. The van der Waals surface area contributed by atoms with Crippen LogP contribution in [0.25, 0.3) is 32.9 Å². The maximum Gasteiger partial charge on any atom is 0.429 e. The topological polar surface area (TPSA) is 137 Å². The Bertz CT molecular complexity index is 3030. The number of hydrazine groups is 1. The fourth-order valence-electron chi connectivity index (χ4n) is 12.7. The molecule has 0 bridgehead atoms. The Balaban J connectivity index is 1.39. The van der Waals surface area contributed by atoms with E-state index in [1.807, 2.05) is 6.07 Å². The average molecular weight is 1160 g/mol. The van der Waals surface area contributed by atoms with Gasteiger partial charge in [-0.3, -0.25) is 9.99 Å². The number of hydrogen-bond acceptors (Lipinski definition) is 12.